The zero-order valence-corrected chi connectivity index (χ0v) is 19.9. The first-order valence-electron chi connectivity index (χ1n) is 12.1. The van der Waals surface area contributed by atoms with Crippen LogP contribution in [0.2, 0.25) is 0 Å². The lowest BCUT2D eigenvalue weighted by Crippen LogP contribution is -2.37. The summed E-state index contributed by atoms with van der Waals surface area (Å²) in [4.78, 5) is 21.6. The summed E-state index contributed by atoms with van der Waals surface area (Å²) in [5.74, 6) is -5.19. The van der Waals surface area contributed by atoms with Crippen LogP contribution in [0, 0.1) is 0 Å². The third-order valence-corrected chi connectivity index (χ3v) is 5.08. The minimum atomic E-state index is -5.33. The molecule has 0 spiro atoms. The zero-order chi connectivity index (χ0) is 25.9. The summed E-state index contributed by atoms with van der Waals surface area (Å²) in [7, 11) is 0. The number of rotatable bonds is 20. The SMILES string of the molecule is CCCCCCCCCCCCCCCCOC[C@@H](COC(=O)C(F)(F)F)OC(=O)C(F)(F)F. The van der Waals surface area contributed by atoms with Gasteiger partial charge in [-0.3, -0.25) is 0 Å². The van der Waals surface area contributed by atoms with Gasteiger partial charge in [-0.1, -0.05) is 90.4 Å². The number of hydrogen-bond donors (Lipinski definition) is 0. The largest absolute Gasteiger partial charge is 0.490 e. The number of hydrogen-bond acceptors (Lipinski definition) is 5. The van der Waals surface area contributed by atoms with Crippen molar-refractivity contribution in [2.24, 2.45) is 0 Å². The van der Waals surface area contributed by atoms with Crippen molar-refractivity contribution in [1.29, 1.82) is 0 Å². The van der Waals surface area contributed by atoms with Gasteiger partial charge in [0.25, 0.3) is 0 Å². The molecule has 0 saturated heterocycles. The van der Waals surface area contributed by atoms with Gasteiger partial charge in [-0.05, 0) is 6.42 Å². The van der Waals surface area contributed by atoms with E-state index in [0.29, 0.717) is 6.42 Å². The fourth-order valence-corrected chi connectivity index (χ4v) is 3.20. The molecule has 0 fully saturated rings. The number of ether oxygens (including phenoxy) is 3. The predicted molar refractivity (Wildman–Crippen MR) is 114 cm³/mol. The highest BCUT2D eigenvalue weighted by Gasteiger charge is 2.44. The van der Waals surface area contributed by atoms with Crippen LogP contribution in [0.25, 0.3) is 0 Å². The van der Waals surface area contributed by atoms with Crippen LogP contribution < -0.4 is 0 Å². The van der Waals surface area contributed by atoms with Crippen molar-refractivity contribution >= 4 is 11.9 Å². The van der Waals surface area contributed by atoms with E-state index in [1.165, 1.54) is 57.8 Å². The van der Waals surface area contributed by atoms with Crippen molar-refractivity contribution in [3.63, 3.8) is 0 Å². The molecule has 0 aromatic heterocycles. The summed E-state index contributed by atoms with van der Waals surface area (Å²) in [6.45, 7) is 0.519. The molecule has 0 aliphatic heterocycles. The minimum Gasteiger partial charge on any atom is -0.455 e. The van der Waals surface area contributed by atoms with Crippen molar-refractivity contribution in [1.82, 2.24) is 0 Å². The Bertz CT molecular complexity index is 537. The Morgan fingerprint density at radius 3 is 1.44 bits per heavy atom. The van der Waals surface area contributed by atoms with E-state index in [1.807, 2.05) is 0 Å². The van der Waals surface area contributed by atoms with E-state index in [0.717, 1.165) is 25.7 Å². The van der Waals surface area contributed by atoms with Gasteiger partial charge in [0.1, 0.15) is 6.61 Å². The molecule has 5 nitrogen and oxygen atoms in total. The van der Waals surface area contributed by atoms with Crippen LogP contribution >= 0.6 is 0 Å². The standard InChI is InChI=1S/C23H38F6O5/c1-2-3-4-5-6-7-8-9-10-11-12-13-14-15-16-32-17-19(34-21(31)23(27,28)29)18-33-20(30)22(24,25)26/h19H,2-18H2,1H3/t19-/m0/s1. The van der Waals surface area contributed by atoms with Crippen LogP contribution in [0.3, 0.4) is 0 Å². The van der Waals surface area contributed by atoms with Gasteiger partial charge in [0.05, 0.1) is 6.61 Å². The topological polar surface area (TPSA) is 61.8 Å². The van der Waals surface area contributed by atoms with E-state index < -0.39 is 43.6 Å². The molecule has 0 aliphatic rings. The van der Waals surface area contributed by atoms with E-state index in [-0.39, 0.29) is 6.61 Å². The summed E-state index contributed by atoms with van der Waals surface area (Å²) in [6.07, 6.45) is 3.64. The first-order valence-corrected chi connectivity index (χ1v) is 12.1. The Balaban J connectivity index is 3.89. The second-order valence-electron chi connectivity index (χ2n) is 8.29. The van der Waals surface area contributed by atoms with E-state index in [9.17, 15) is 35.9 Å². The first-order chi connectivity index (χ1) is 16.0. The average molecular weight is 509 g/mol. The summed E-state index contributed by atoms with van der Waals surface area (Å²) in [5, 5.41) is 0. The number of halogens is 6. The first kappa shape index (κ1) is 32.5. The van der Waals surface area contributed by atoms with Gasteiger partial charge in [-0.2, -0.15) is 26.3 Å². The van der Waals surface area contributed by atoms with Crippen LogP contribution in [0.4, 0.5) is 26.3 Å². The van der Waals surface area contributed by atoms with E-state index in [2.05, 4.69) is 16.4 Å². The second kappa shape index (κ2) is 18.8. The van der Waals surface area contributed by atoms with Crippen LogP contribution in [0.5, 0.6) is 0 Å². The third kappa shape index (κ3) is 18.9. The lowest BCUT2D eigenvalue weighted by molar-refractivity contribution is -0.216. The van der Waals surface area contributed by atoms with E-state index >= 15 is 0 Å². The van der Waals surface area contributed by atoms with Crippen molar-refractivity contribution in [3.8, 4) is 0 Å². The van der Waals surface area contributed by atoms with Gasteiger partial charge < -0.3 is 14.2 Å². The molecule has 0 unspecified atom stereocenters. The number of unbranched alkanes of at least 4 members (excludes halogenated alkanes) is 13. The number of alkyl halides is 6. The Morgan fingerprint density at radius 1 is 0.618 bits per heavy atom. The Labute approximate surface area is 197 Å². The maximum Gasteiger partial charge on any atom is 0.490 e. The van der Waals surface area contributed by atoms with E-state index in [4.69, 9.17) is 4.74 Å². The third-order valence-electron chi connectivity index (χ3n) is 5.08. The average Bonchev–Trinajstić information content (AvgIpc) is 2.75. The quantitative estimate of drug-likeness (QED) is 0.100. The summed E-state index contributed by atoms with van der Waals surface area (Å²) in [5.41, 5.74) is 0. The number of esters is 2. The highest BCUT2D eigenvalue weighted by atomic mass is 19.4. The molecule has 0 radical (unpaired) electrons. The minimum absolute atomic E-state index is 0.130. The van der Waals surface area contributed by atoms with Gasteiger partial charge in [0.2, 0.25) is 0 Å². The molecule has 1 atom stereocenters. The Kier molecular flexibility index (Phi) is 17.9. The van der Waals surface area contributed by atoms with Gasteiger partial charge in [-0.15, -0.1) is 0 Å². The smallest absolute Gasteiger partial charge is 0.455 e. The van der Waals surface area contributed by atoms with Crippen LogP contribution in [0.15, 0.2) is 0 Å². The van der Waals surface area contributed by atoms with Gasteiger partial charge >= 0.3 is 24.3 Å². The molecule has 0 saturated carbocycles. The van der Waals surface area contributed by atoms with Gasteiger partial charge in [0.15, 0.2) is 6.10 Å². The van der Waals surface area contributed by atoms with E-state index in [1.54, 1.807) is 0 Å². The molecule has 34 heavy (non-hydrogen) atoms. The maximum absolute atomic E-state index is 12.3. The molecule has 202 valence electrons. The molecule has 0 aromatic carbocycles. The monoisotopic (exact) mass is 508 g/mol. The van der Waals surface area contributed by atoms with Crippen LogP contribution in [-0.4, -0.2) is 50.2 Å². The molecule has 0 aromatic rings. The summed E-state index contributed by atoms with van der Waals surface area (Å²) >= 11 is 0. The molecular formula is C23H38F6O5. The maximum atomic E-state index is 12.3. The highest BCUT2D eigenvalue weighted by molar-refractivity contribution is 5.76. The lowest BCUT2D eigenvalue weighted by atomic mass is 10.0. The molecular weight excluding hydrogens is 470 g/mol. The van der Waals surface area contributed by atoms with Crippen LogP contribution in [0.1, 0.15) is 96.8 Å². The van der Waals surface area contributed by atoms with Crippen LogP contribution in [-0.2, 0) is 23.8 Å². The Morgan fingerprint density at radius 2 is 1.03 bits per heavy atom. The lowest BCUT2D eigenvalue weighted by Gasteiger charge is -2.19. The molecule has 0 heterocycles. The predicted octanol–water partition coefficient (Wildman–Crippen LogP) is 7.06. The van der Waals surface area contributed by atoms with Gasteiger partial charge in [-0.25, -0.2) is 9.59 Å². The molecule has 0 aliphatic carbocycles. The molecule has 0 amide bonds. The Hall–Kier alpha value is -1.52. The normalized spacial score (nSPS) is 13.0. The summed E-state index contributed by atoms with van der Waals surface area (Å²) in [6, 6.07) is 0. The van der Waals surface area contributed by atoms with Crippen molar-refractivity contribution in [2.45, 2.75) is 115 Å². The molecule has 11 heteroatoms. The molecule has 0 rings (SSSR count). The number of carbonyl (C=O) groups is 2. The fourth-order valence-electron chi connectivity index (χ4n) is 3.20. The van der Waals surface area contributed by atoms with Gasteiger partial charge in [0, 0.05) is 6.61 Å². The second-order valence-corrected chi connectivity index (χ2v) is 8.29. The highest BCUT2D eigenvalue weighted by Crippen LogP contribution is 2.20. The van der Waals surface area contributed by atoms with Crippen molar-refractivity contribution in [2.75, 3.05) is 19.8 Å². The van der Waals surface area contributed by atoms with Crippen molar-refractivity contribution in [3.05, 3.63) is 0 Å². The number of carbonyl (C=O) groups excluding carboxylic acids is 2. The zero-order valence-electron chi connectivity index (χ0n) is 19.9. The molecule has 0 N–H and O–H groups in total. The molecule has 0 bridgehead atoms. The fraction of sp³-hybridized carbons (Fsp3) is 0.913. The summed E-state index contributed by atoms with van der Waals surface area (Å²) < 4.78 is 86.5. The van der Waals surface area contributed by atoms with Crippen molar-refractivity contribution < 1.29 is 50.1 Å².